The van der Waals surface area contributed by atoms with Crippen molar-refractivity contribution in [3.63, 3.8) is 0 Å². The number of carbonyl (C=O) groups is 1. The molecule has 1 aromatic heterocycles. The number of anilines is 1. The number of aromatic nitrogens is 4. The van der Waals surface area contributed by atoms with Gasteiger partial charge in [-0.25, -0.2) is 4.68 Å². The summed E-state index contributed by atoms with van der Waals surface area (Å²) in [5.41, 5.74) is 3.64. The van der Waals surface area contributed by atoms with Crippen LogP contribution in [0.2, 0.25) is 0 Å². The molecule has 0 radical (unpaired) electrons. The van der Waals surface area contributed by atoms with Gasteiger partial charge in [0, 0.05) is 24.3 Å². The number of nitrogens with zero attached hydrogens (tertiary/aromatic N) is 5. The zero-order chi connectivity index (χ0) is 19.3. The molecule has 1 N–H and O–H groups in total. The predicted molar refractivity (Wildman–Crippen MR) is 105 cm³/mol. The van der Waals surface area contributed by atoms with Crippen LogP contribution in [0.1, 0.15) is 28.9 Å². The van der Waals surface area contributed by atoms with Crippen LogP contribution < -0.4 is 10.2 Å². The molecule has 1 aliphatic rings. The van der Waals surface area contributed by atoms with Crippen molar-refractivity contribution in [2.24, 2.45) is 0 Å². The number of morpholine rings is 1. The predicted octanol–water partition coefficient (Wildman–Crippen LogP) is 1.99. The highest BCUT2D eigenvalue weighted by molar-refractivity contribution is 5.94. The van der Waals surface area contributed by atoms with Crippen molar-refractivity contribution in [1.29, 1.82) is 0 Å². The quantitative estimate of drug-likeness (QED) is 0.731. The molecular weight excluding hydrogens is 356 g/mol. The minimum Gasteiger partial charge on any atom is -0.378 e. The first-order valence-corrected chi connectivity index (χ1v) is 9.27. The van der Waals surface area contributed by atoms with Gasteiger partial charge in [-0.15, -0.1) is 5.10 Å². The van der Waals surface area contributed by atoms with E-state index in [9.17, 15) is 4.79 Å². The van der Waals surface area contributed by atoms with Crippen LogP contribution in [-0.2, 0) is 4.74 Å². The van der Waals surface area contributed by atoms with E-state index in [1.807, 2.05) is 19.1 Å². The van der Waals surface area contributed by atoms with Gasteiger partial charge in [-0.05, 0) is 59.3 Å². The summed E-state index contributed by atoms with van der Waals surface area (Å²) in [6.45, 7) is 5.33. The highest BCUT2D eigenvalue weighted by Gasteiger charge is 2.14. The van der Waals surface area contributed by atoms with Gasteiger partial charge >= 0.3 is 0 Å². The third kappa shape index (κ3) is 4.01. The minimum atomic E-state index is -0.118. The summed E-state index contributed by atoms with van der Waals surface area (Å²) in [6, 6.07) is 15.4. The molecule has 0 saturated carbocycles. The molecule has 0 aliphatic carbocycles. The monoisotopic (exact) mass is 378 g/mol. The van der Waals surface area contributed by atoms with E-state index in [2.05, 4.69) is 50.0 Å². The Bertz CT molecular complexity index is 903. The van der Waals surface area contributed by atoms with Crippen LogP contribution in [0.3, 0.4) is 0 Å². The standard InChI is InChI=1S/C20H22N6O2/c1-15(16-2-6-18(7-3-16)25-10-12-28-13-11-25)22-20(27)17-4-8-19(9-5-17)26-14-21-23-24-26/h2-9,14-15H,10-13H2,1H3,(H,22,27)/t15-/m1/s1. The van der Waals surface area contributed by atoms with E-state index in [-0.39, 0.29) is 11.9 Å². The second kappa shape index (κ2) is 8.18. The van der Waals surface area contributed by atoms with Crippen molar-refractivity contribution in [3.8, 4) is 5.69 Å². The number of carbonyl (C=O) groups excluding carboxylic acids is 1. The molecular formula is C20H22N6O2. The smallest absolute Gasteiger partial charge is 0.251 e. The summed E-state index contributed by atoms with van der Waals surface area (Å²) >= 11 is 0. The van der Waals surface area contributed by atoms with E-state index in [1.54, 1.807) is 16.8 Å². The Labute approximate surface area is 163 Å². The fourth-order valence-electron chi connectivity index (χ4n) is 3.20. The second-order valence-electron chi connectivity index (χ2n) is 6.69. The Balaban J connectivity index is 1.38. The van der Waals surface area contributed by atoms with Gasteiger partial charge in [0.25, 0.3) is 5.91 Å². The molecule has 0 bridgehead atoms. The fraction of sp³-hybridized carbons (Fsp3) is 0.300. The largest absolute Gasteiger partial charge is 0.378 e. The van der Waals surface area contributed by atoms with Crippen LogP contribution in [0, 0.1) is 0 Å². The number of tetrazole rings is 1. The van der Waals surface area contributed by atoms with Gasteiger partial charge in [0.1, 0.15) is 6.33 Å². The van der Waals surface area contributed by atoms with Crippen LogP contribution in [0.25, 0.3) is 5.69 Å². The van der Waals surface area contributed by atoms with Crippen LogP contribution in [-0.4, -0.2) is 52.4 Å². The van der Waals surface area contributed by atoms with Crippen molar-refractivity contribution >= 4 is 11.6 Å². The molecule has 28 heavy (non-hydrogen) atoms. The molecule has 144 valence electrons. The first kappa shape index (κ1) is 18.1. The number of amides is 1. The highest BCUT2D eigenvalue weighted by atomic mass is 16.5. The van der Waals surface area contributed by atoms with E-state index in [4.69, 9.17) is 4.74 Å². The summed E-state index contributed by atoms with van der Waals surface area (Å²) in [5, 5.41) is 14.1. The van der Waals surface area contributed by atoms with E-state index in [1.165, 1.54) is 12.0 Å². The van der Waals surface area contributed by atoms with Gasteiger partial charge < -0.3 is 15.0 Å². The lowest BCUT2D eigenvalue weighted by molar-refractivity contribution is 0.0940. The lowest BCUT2D eigenvalue weighted by atomic mass is 10.1. The maximum atomic E-state index is 12.6. The van der Waals surface area contributed by atoms with Crippen molar-refractivity contribution in [1.82, 2.24) is 25.5 Å². The zero-order valence-corrected chi connectivity index (χ0v) is 15.7. The lowest BCUT2D eigenvalue weighted by Gasteiger charge is -2.29. The summed E-state index contributed by atoms with van der Waals surface area (Å²) in [5.74, 6) is -0.118. The van der Waals surface area contributed by atoms with Crippen LogP contribution in [0.4, 0.5) is 5.69 Å². The average Bonchev–Trinajstić information content (AvgIpc) is 3.29. The molecule has 3 aromatic rings. The van der Waals surface area contributed by atoms with Crippen molar-refractivity contribution < 1.29 is 9.53 Å². The van der Waals surface area contributed by atoms with E-state index >= 15 is 0 Å². The maximum absolute atomic E-state index is 12.6. The molecule has 0 spiro atoms. The second-order valence-corrected chi connectivity index (χ2v) is 6.69. The van der Waals surface area contributed by atoms with E-state index in [0.29, 0.717) is 5.56 Å². The number of hydrogen-bond donors (Lipinski definition) is 1. The Morgan fingerprint density at radius 2 is 1.71 bits per heavy atom. The normalized spacial score (nSPS) is 15.2. The third-order valence-electron chi connectivity index (χ3n) is 4.86. The summed E-state index contributed by atoms with van der Waals surface area (Å²) in [4.78, 5) is 14.9. The molecule has 2 heterocycles. The molecule has 8 nitrogen and oxygen atoms in total. The van der Waals surface area contributed by atoms with Crippen LogP contribution in [0.15, 0.2) is 54.9 Å². The zero-order valence-electron chi connectivity index (χ0n) is 15.7. The molecule has 1 fully saturated rings. The SMILES string of the molecule is C[C@@H](NC(=O)c1ccc(-n2cnnn2)cc1)c1ccc(N2CCOCC2)cc1. The summed E-state index contributed by atoms with van der Waals surface area (Å²) in [7, 11) is 0. The van der Waals surface area contributed by atoms with E-state index in [0.717, 1.165) is 37.6 Å². The molecule has 1 saturated heterocycles. The number of hydrogen-bond acceptors (Lipinski definition) is 6. The molecule has 8 heteroatoms. The van der Waals surface area contributed by atoms with Gasteiger partial charge in [-0.3, -0.25) is 4.79 Å². The van der Waals surface area contributed by atoms with Gasteiger partial charge in [0.15, 0.2) is 0 Å². The number of rotatable bonds is 5. The molecule has 1 atom stereocenters. The molecule has 1 aliphatic heterocycles. The first-order valence-electron chi connectivity index (χ1n) is 9.27. The lowest BCUT2D eigenvalue weighted by Crippen LogP contribution is -2.36. The summed E-state index contributed by atoms with van der Waals surface area (Å²) < 4.78 is 6.94. The Morgan fingerprint density at radius 3 is 2.36 bits per heavy atom. The molecule has 0 unspecified atom stereocenters. The Kier molecular flexibility index (Phi) is 5.29. The van der Waals surface area contributed by atoms with Crippen LogP contribution in [0.5, 0.6) is 0 Å². The van der Waals surface area contributed by atoms with Crippen molar-refractivity contribution in [2.45, 2.75) is 13.0 Å². The Morgan fingerprint density at radius 1 is 1.04 bits per heavy atom. The van der Waals surface area contributed by atoms with Crippen molar-refractivity contribution in [2.75, 3.05) is 31.2 Å². The highest BCUT2D eigenvalue weighted by Crippen LogP contribution is 2.20. The molecule has 2 aromatic carbocycles. The molecule has 4 rings (SSSR count). The van der Waals surface area contributed by atoms with Gasteiger partial charge in [-0.1, -0.05) is 12.1 Å². The van der Waals surface area contributed by atoms with Gasteiger partial charge in [0.2, 0.25) is 0 Å². The van der Waals surface area contributed by atoms with Gasteiger partial charge in [-0.2, -0.15) is 0 Å². The number of ether oxygens (including phenoxy) is 1. The van der Waals surface area contributed by atoms with Crippen molar-refractivity contribution in [3.05, 3.63) is 66.0 Å². The maximum Gasteiger partial charge on any atom is 0.251 e. The fourth-order valence-corrected chi connectivity index (χ4v) is 3.20. The molecule has 1 amide bonds. The summed E-state index contributed by atoms with van der Waals surface area (Å²) in [6.07, 6.45) is 1.51. The third-order valence-corrected chi connectivity index (χ3v) is 4.86. The number of benzene rings is 2. The average molecular weight is 378 g/mol. The van der Waals surface area contributed by atoms with Crippen LogP contribution >= 0.6 is 0 Å². The minimum absolute atomic E-state index is 0.0922. The number of nitrogens with one attached hydrogen (secondary N) is 1. The Hall–Kier alpha value is -3.26. The topological polar surface area (TPSA) is 85.2 Å². The van der Waals surface area contributed by atoms with E-state index < -0.39 is 0 Å². The van der Waals surface area contributed by atoms with Gasteiger partial charge in [0.05, 0.1) is 24.9 Å². The first-order chi connectivity index (χ1) is 13.7.